The van der Waals surface area contributed by atoms with Crippen molar-refractivity contribution < 1.29 is 14.2 Å². The fourth-order valence-electron chi connectivity index (χ4n) is 2.59. The molecule has 124 valence electrons. The van der Waals surface area contributed by atoms with Crippen molar-refractivity contribution in [2.24, 2.45) is 5.92 Å². The molecule has 1 aliphatic rings. The molecule has 0 spiro atoms. The number of para-hydroxylation sites is 1. The van der Waals surface area contributed by atoms with Crippen LogP contribution >= 0.6 is 0 Å². The molecule has 0 amide bonds. The maximum absolute atomic E-state index is 6.00. The zero-order chi connectivity index (χ0) is 15.8. The summed E-state index contributed by atoms with van der Waals surface area (Å²) in [6, 6.07) is 6.06. The molecule has 1 saturated heterocycles. The predicted octanol–water partition coefficient (Wildman–Crippen LogP) is 3.39. The van der Waals surface area contributed by atoms with Gasteiger partial charge in [0.1, 0.15) is 0 Å². The van der Waals surface area contributed by atoms with Crippen molar-refractivity contribution in [3.63, 3.8) is 0 Å². The van der Waals surface area contributed by atoms with E-state index in [1.807, 2.05) is 12.1 Å². The highest BCUT2D eigenvalue weighted by molar-refractivity contribution is 5.46. The molecular weight excluding hydrogens is 278 g/mol. The van der Waals surface area contributed by atoms with Crippen LogP contribution in [0.4, 0.5) is 0 Å². The van der Waals surface area contributed by atoms with Gasteiger partial charge in [0.2, 0.25) is 0 Å². The van der Waals surface area contributed by atoms with Crippen molar-refractivity contribution >= 4 is 0 Å². The Morgan fingerprint density at radius 2 is 2.23 bits per heavy atom. The third kappa shape index (κ3) is 5.18. The maximum Gasteiger partial charge on any atom is 0.165 e. The summed E-state index contributed by atoms with van der Waals surface area (Å²) in [6.45, 7) is 7.69. The number of rotatable bonds is 9. The summed E-state index contributed by atoms with van der Waals surface area (Å²) in [5.74, 6) is 2.31. The summed E-state index contributed by atoms with van der Waals surface area (Å²) in [4.78, 5) is 0. The lowest BCUT2D eigenvalue weighted by molar-refractivity contribution is 0.110. The molecule has 1 heterocycles. The number of hydrogen-bond acceptors (Lipinski definition) is 4. The minimum Gasteiger partial charge on any atom is -0.493 e. The molecule has 0 radical (unpaired) electrons. The number of ether oxygens (including phenoxy) is 3. The molecule has 1 N–H and O–H groups in total. The number of nitrogens with one attached hydrogen (secondary N) is 1. The highest BCUT2D eigenvalue weighted by atomic mass is 16.5. The van der Waals surface area contributed by atoms with Gasteiger partial charge in [0, 0.05) is 25.3 Å². The second-order valence-electron chi connectivity index (χ2n) is 6.25. The van der Waals surface area contributed by atoms with Gasteiger partial charge in [-0.1, -0.05) is 26.0 Å². The number of methoxy groups -OCH3 is 1. The van der Waals surface area contributed by atoms with Crippen LogP contribution in [-0.4, -0.2) is 33.0 Å². The molecule has 22 heavy (non-hydrogen) atoms. The van der Waals surface area contributed by atoms with E-state index in [1.54, 1.807) is 7.11 Å². The van der Waals surface area contributed by atoms with E-state index in [0.29, 0.717) is 12.0 Å². The lowest BCUT2D eigenvalue weighted by atomic mass is 10.1. The van der Waals surface area contributed by atoms with E-state index in [0.717, 1.165) is 56.2 Å². The first-order valence-electron chi connectivity index (χ1n) is 8.31. The Labute approximate surface area is 134 Å². The molecule has 4 nitrogen and oxygen atoms in total. The average molecular weight is 307 g/mol. The van der Waals surface area contributed by atoms with Crippen LogP contribution in [0.5, 0.6) is 11.5 Å². The zero-order valence-corrected chi connectivity index (χ0v) is 14.1. The lowest BCUT2D eigenvalue weighted by Crippen LogP contribution is -2.26. The lowest BCUT2D eigenvalue weighted by Gasteiger charge is -2.17. The van der Waals surface area contributed by atoms with Crippen molar-refractivity contribution in [3.8, 4) is 11.5 Å². The summed E-state index contributed by atoms with van der Waals surface area (Å²) in [5, 5.41) is 3.47. The van der Waals surface area contributed by atoms with E-state index in [4.69, 9.17) is 14.2 Å². The van der Waals surface area contributed by atoms with Crippen molar-refractivity contribution in [3.05, 3.63) is 23.8 Å². The van der Waals surface area contributed by atoms with Gasteiger partial charge in [-0.15, -0.1) is 0 Å². The van der Waals surface area contributed by atoms with Crippen LogP contribution in [0, 0.1) is 5.92 Å². The van der Waals surface area contributed by atoms with Gasteiger partial charge in [-0.05, 0) is 31.2 Å². The molecule has 2 rings (SSSR count). The highest BCUT2D eigenvalue weighted by Gasteiger charge is 2.16. The van der Waals surface area contributed by atoms with Crippen LogP contribution in [0.15, 0.2) is 18.2 Å². The summed E-state index contributed by atoms with van der Waals surface area (Å²) in [7, 11) is 1.69. The minimum absolute atomic E-state index is 0.357. The first-order valence-corrected chi connectivity index (χ1v) is 8.31. The van der Waals surface area contributed by atoms with E-state index in [1.165, 1.54) is 6.42 Å². The normalized spacial score (nSPS) is 17.9. The first kappa shape index (κ1) is 17.1. The molecule has 0 saturated carbocycles. The molecule has 4 heteroatoms. The quantitative estimate of drug-likeness (QED) is 0.759. The molecular formula is C18H29NO3. The van der Waals surface area contributed by atoms with E-state index in [9.17, 15) is 0 Å². The summed E-state index contributed by atoms with van der Waals surface area (Å²) < 4.78 is 17.1. The molecule has 1 atom stereocenters. The van der Waals surface area contributed by atoms with Gasteiger partial charge in [0.15, 0.2) is 11.5 Å². The molecule has 1 aromatic carbocycles. The van der Waals surface area contributed by atoms with Gasteiger partial charge >= 0.3 is 0 Å². The smallest absolute Gasteiger partial charge is 0.165 e. The standard InChI is InChI=1S/C18H29NO3/c1-14(2)9-11-22-18-15(6-4-8-17(18)20-3)12-19-13-16-7-5-10-21-16/h4,6,8,14,16,19H,5,7,9-13H2,1-3H3. The third-order valence-electron chi connectivity index (χ3n) is 3.93. The van der Waals surface area contributed by atoms with Crippen LogP contribution in [-0.2, 0) is 11.3 Å². The molecule has 0 aromatic heterocycles. The topological polar surface area (TPSA) is 39.7 Å². The molecule has 1 aliphatic heterocycles. The van der Waals surface area contributed by atoms with Gasteiger partial charge in [-0.2, -0.15) is 0 Å². The maximum atomic E-state index is 6.00. The van der Waals surface area contributed by atoms with E-state index < -0.39 is 0 Å². The second kappa shape index (κ2) is 9.01. The van der Waals surface area contributed by atoms with Crippen LogP contribution in [0.1, 0.15) is 38.7 Å². The molecule has 0 aliphatic carbocycles. The summed E-state index contributed by atoms with van der Waals surface area (Å²) in [6.07, 6.45) is 3.73. The van der Waals surface area contributed by atoms with Gasteiger partial charge < -0.3 is 19.5 Å². The molecule has 1 fully saturated rings. The van der Waals surface area contributed by atoms with E-state index >= 15 is 0 Å². The SMILES string of the molecule is COc1cccc(CNCC2CCCO2)c1OCCC(C)C. The first-order chi connectivity index (χ1) is 10.7. The number of benzene rings is 1. The average Bonchev–Trinajstić information content (AvgIpc) is 3.01. The zero-order valence-electron chi connectivity index (χ0n) is 14.1. The highest BCUT2D eigenvalue weighted by Crippen LogP contribution is 2.31. The monoisotopic (exact) mass is 307 g/mol. The fraction of sp³-hybridized carbons (Fsp3) is 0.667. The van der Waals surface area contributed by atoms with Crippen molar-refractivity contribution in [2.75, 3.05) is 26.9 Å². The van der Waals surface area contributed by atoms with Gasteiger partial charge in [0.05, 0.1) is 19.8 Å². The largest absolute Gasteiger partial charge is 0.493 e. The Balaban J connectivity index is 1.92. The Hall–Kier alpha value is -1.26. The number of hydrogen-bond donors (Lipinski definition) is 1. The van der Waals surface area contributed by atoms with E-state index in [2.05, 4.69) is 25.2 Å². The van der Waals surface area contributed by atoms with Crippen LogP contribution in [0.25, 0.3) is 0 Å². The summed E-state index contributed by atoms with van der Waals surface area (Å²) in [5.41, 5.74) is 1.14. The predicted molar refractivity (Wildman–Crippen MR) is 88.6 cm³/mol. The van der Waals surface area contributed by atoms with E-state index in [-0.39, 0.29) is 0 Å². The van der Waals surface area contributed by atoms with Crippen molar-refractivity contribution in [1.82, 2.24) is 5.32 Å². The Morgan fingerprint density at radius 3 is 2.91 bits per heavy atom. The molecule has 1 aromatic rings. The van der Waals surface area contributed by atoms with Gasteiger partial charge in [-0.25, -0.2) is 0 Å². The fourth-order valence-corrected chi connectivity index (χ4v) is 2.59. The molecule has 1 unspecified atom stereocenters. The minimum atomic E-state index is 0.357. The van der Waals surface area contributed by atoms with Gasteiger partial charge in [-0.3, -0.25) is 0 Å². The van der Waals surface area contributed by atoms with Crippen LogP contribution in [0.3, 0.4) is 0 Å². The van der Waals surface area contributed by atoms with Crippen molar-refractivity contribution in [2.45, 2.75) is 45.8 Å². The van der Waals surface area contributed by atoms with Crippen LogP contribution in [0.2, 0.25) is 0 Å². The Kier molecular flexibility index (Phi) is 7.00. The van der Waals surface area contributed by atoms with Gasteiger partial charge in [0.25, 0.3) is 0 Å². The Morgan fingerprint density at radius 1 is 1.36 bits per heavy atom. The van der Waals surface area contributed by atoms with Crippen LogP contribution < -0.4 is 14.8 Å². The Bertz CT molecular complexity index is 442. The molecule has 0 bridgehead atoms. The second-order valence-corrected chi connectivity index (χ2v) is 6.25. The van der Waals surface area contributed by atoms with Crippen molar-refractivity contribution in [1.29, 1.82) is 0 Å². The third-order valence-corrected chi connectivity index (χ3v) is 3.93. The summed E-state index contributed by atoms with van der Waals surface area (Å²) >= 11 is 0.